The minimum atomic E-state index is -3.43. The van der Waals surface area contributed by atoms with Crippen molar-refractivity contribution >= 4 is 26.8 Å². The average Bonchev–Trinajstić information content (AvgIpc) is 3.39. The number of carbonyl (C=O) groups excluding carboxylic acids is 1. The monoisotopic (exact) mass is 415 g/mol. The van der Waals surface area contributed by atoms with Crippen molar-refractivity contribution in [3.8, 4) is 0 Å². The van der Waals surface area contributed by atoms with Crippen LogP contribution in [-0.4, -0.2) is 42.8 Å². The first-order valence-corrected chi connectivity index (χ1v) is 12.0. The molecule has 2 aromatic rings. The van der Waals surface area contributed by atoms with E-state index in [0.717, 1.165) is 43.0 Å². The zero-order chi connectivity index (χ0) is 20.3. The molecule has 2 heterocycles. The number of rotatable bonds is 7. The lowest BCUT2D eigenvalue weighted by atomic mass is 9.97. The number of carbonyl (C=O) groups is 1. The zero-order valence-electron chi connectivity index (χ0n) is 16.8. The summed E-state index contributed by atoms with van der Waals surface area (Å²) in [6, 6.07) is 7.05. The maximum absolute atomic E-state index is 12.8. The molecule has 1 aliphatic carbocycles. The summed E-state index contributed by atoms with van der Waals surface area (Å²) in [6.45, 7) is 2.10. The fourth-order valence-corrected chi connectivity index (χ4v) is 5.81. The molecule has 1 aromatic heterocycles. The fourth-order valence-electron chi connectivity index (χ4n) is 4.26. The number of nitrogens with one attached hydrogen (secondary N) is 1. The second kappa shape index (κ2) is 8.71. The van der Waals surface area contributed by atoms with Crippen LogP contribution in [0.4, 0.5) is 0 Å². The summed E-state index contributed by atoms with van der Waals surface area (Å²) in [7, 11) is -3.43. The number of amides is 1. The van der Waals surface area contributed by atoms with Crippen molar-refractivity contribution in [1.82, 2.24) is 14.2 Å². The SMILES string of the molecule is O=C(Cn1ccc2cc(S(=O)(=O)N3CCCC3)ccc21)NCCC1=CCCCC1. The molecule has 29 heavy (non-hydrogen) atoms. The Morgan fingerprint density at radius 1 is 1.07 bits per heavy atom. The Hall–Kier alpha value is -2.12. The second-order valence-electron chi connectivity index (χ2n) is 7.98. The third-order valence-electron chi connectivity index (χ3n) is 5.91. The van der Waals surface area contributed by atoms with Crippen molar-refractivity contribution in [2.45, 2.75) is 56.4 Å². The number of hydrogen-bond acceptors (Lipinski definition) is 3. The summed E-state index contributed by atoms with van der Waals surface area (Å²) in [6.07, 6.45) is 11.8. The summed E-state index contributed by atoms with van der Waals surface area (Å²) in [4.78, 5) is 12.7. The Kier molecular flexibility index (Phi) is 6.06. The Morgan fingerprint density at radius 3 is 2.66 bits per heavy atom. The van der Waals surface area contributed by atoms with Crippen LogP contribution in [0, 0.1) is 0 Å². The normalized spacial score (nSPS) is 18.1. The minimum Gasteiger partial charge on any atom is -0.354 e. The van der Waals surface area contributed by atoms with Crippen LogP contribution in [0.25, 0.3) is 10.9 Å². The van der Waals surface area contributed by atoms with Crippen molar-refractivity contribution in [3.05, 3.63) is 42.1 Å². The van der Waals surface area contributed by atoms with Gasteiger partial charge in [0.05, 0.1) is 4.90 Å². The van der Waals surface area contributed by atoms with E-state index in [1.807, 2.05) is 16.8 Å². The zero-order valence-corrected chi connectivity index (χ0v) is 17.6. The van der Waals surface area contributed by atoms with Crippen molar-refractivity contribution in [3.63, 3.8) is 0 Å². The number of benzene rings is 1. The van der Waals surface area contributed by atoms with Gasteiger partial charge in [0.15, 0.2) is 0 Å². The maximum atomic E-state index is 12.8. The largest absolute Gasteiger partial charge is 0.354 e. The highest BCUT2D eigenvalue weighted by atomic mass is 32.2. The Morgan fingerprint density at radius 2 is 1.90 bits per heavy atom. The topological polar surface area (TPSA) is 71.4 Å². The molecule has 7 heteroatoms. The van der Waals surface area contributed by atoms with E-state index < -0.39 is 10.0 Å². The minimum absolute atomic E-state index is 0.0207. The predicted octanol–water partition coefficient (Wildman–Crippen LogP) is 3.43. The molecular formula is C22H29N3O3S. The molecule has 1 N–H and O–H groups in total. The molecule has 4 rings (SSSR count). The van der Waals surface area contributed by atoms with Crippen molar-refractivity contribution in [1.29, 1.82) is 0 Å². The highest BCUT2D eigenvalue weighted by Crippen LogP contribution is 2.25. The molecule has 0 radical (unpaired) electrons. The lowest BCUT2D eigenvalue weighted by Crippen LogP contribution is -2.28. The van der Waals surface area contributed by atoms with E-state index in [0.29, 0.717) is 24.5 Å². The van der Waals surface area contributed by atoms with Gasteiger partial charge >= 0.3 is 0 Å². The van der Waals surface area contributed by atoms with Gasteiger partial charge < -0.3 is 9.88 Å². The molecule has 0 bridgehead atoms. The van der Waals surface area contributed by atoms with Gasteiger partial charge in [-0.2, -0.15) is 4.31 Å². The quantitative estimate of drug-likeness (QED) is 0.704. The number of fused-ring (bicyclic) bond motifs is 1. The first-order chi connectivity index (χ1) is 14.0. The number of hydrogen-bond donors (Lipinski definition) is 1. The van der Waals surface area contributed by atoms with E-state index in [2.05, 4.69) is 11.4 Å². The van der Waals surface area contributed by atoms with E-state index in [1.54, 1.807) is 22.5 Å². The molecule has 6 nitrogen and oxygen atoms in total. The molecule has 0 atom stereocenters. The molecule has 1 saturated heterocycles. The van der Waals surface area contributed by atoms with Gasteiger partial charge in [0.2, 0.25) is 15.9 Å². The van der Waals surface area contributed by atoms with Crippen LogP contribution in [0.3, 0.4) is 0 Å². The molecule has 0 saturated carbocycles. The Balaban J connectivity index is 1.39. The van der Waals surface area contributed by atoms with Crippen LogP contribution in [0.1, 0.15) is 44.9 Å². The van der Waals surface area contributed by atoms with Gasteiger partial charge in [-0.1, -0.05) is 11.6 Å². The smallest absolute Gasteiger partial charge is 0.243 e. The van der Waals surface area contributed by atoms with Crippen LogP contribution in [-0.2, 0) is 21.4 Å². The average molecular weight is 416 g/mol. The van der Waals surface area contributed by atoms with Crippen molar-refractivity contribution in [2.24, 2.45) is 0 Å². The third-order valence-corrected chi connectivity index (χ3v) is 7.81. The summed E-state index contributed by atoms with van der Waals surface area (Å²) >= 11 is 0. The summed E-state index contributed by atoms with van der Waals surface area (Å²) < 4.78 is 29.0. The lowest BCUT2D eigenvalue weighted by molar-refractivity contribution is -0.121. The summed E-state index contributed by atoms with van der Waals surface area (Å²) in [5, 5.41) is 3.84. The molecule has 1 amide bonds. The van der Waals surface area contributed by atoms with Gasteiger partial charge in [-0.05, 0) is 69.2 Å². The molecule has 2 aliphatic rings. The van der Waals surface area contributed by atoms with E-state index in [4.69, 9.17) is 0 Å². The third kappa shape index (κ3) is 4.56. The van der Waals surface area contributed by atoms with E-state index in [9.17, 15) is 13.2 Å². The fraction of sp³-hybridized carbons (Fsp3) is 0.500. The van der Waals surface area contributed by atoms with Gasteiger partial charge in [0, 0.05) is 36.7 Å². The van der Waals surface area contributed by atoms with Crippen LogP contribution in [0.15, 0.2) is 47.0 Å². The highest BCUT2D eigenvalue weighted by Gasteiger charge is 2.27. The number of nitrogens with zero attached hydrogens (tertiary/aromatic N) is 2. The summed E-state index contributed by atoms with van der Waals surface area (Å²) in [5.41, 5.74) is 2.32. The molecule has 1 fully saturated rings. The van der Waals surface area contributed by atoms with Crippen molar-refractivity contribution < 1.29 is 13.2 Å². The first kappa shape index (κ1) is 20.2. The Bertz CT molecular complexity index is 1020. The van der Waals surface area contributed by atoms with Crippen molar-refractivity contribution in [2.75, 3.05) is 19.6 Å². The van der Waals surface area contributed by atoms with Crippen LogP contribution in [0.2, 0.25) is 0 Å². The second-order valence-corrected chi connectivity index (χ2v) is 9.92. The van der Waals surface area contributed by atoms with E-state index in [-0.39, 0.29) is 12.5 Å². The number of aromatic nitrogens is 1. The first-order valence-electron chi connectivity index (χ1n) is 10.6. The molecule has 0 unspecified atom stereocenters. The Labute approximate surface area is 172 Å². The molecule has 156 valence electrons. The maximum Gasteiger partial charge on any atom is 0.243 e. The van der Waals surface area contributed by atoms with Crippen LogP contribution in [0.5, 0.6) is 0 Å². The molecular weight excluding hydrogens is 386 g/mol. The van der Waals surface area contributed by atoms with Gasteiger partial charge in [0.25, 0.3) is 0 Å². The molecule has 1 aromatic carbocycles. The number of sulfonamides is 1. The van der Waals surface area contributed by atoms with E-state index >= 15 is 0 Å². The summed E-state index contributed by atoms with van der Waals surface area (Å²) in [5.74, 6) is -0.0207. The lowest BCUT2D eigenvalue weighted by Gasteiger charge is -2.15. The van der Waals surface area contributed by atoms with Gasteiger partial charge in [-0.3, -0.25) is 4.79 Å². The van der Waals surface area contributed by atoms with Crippen LogP contribution < -0.4 is 5.32 Å². The van der Waals surface area contributed by atoms with Gasteiger partial charge in [0.1, 0.15) is 6.54 Å². The molecule has 0 spiro atoms. The van der Waals surface area contributed by atoms with Gasteiger partial charge in [-0.15, -0.1) is 0 Å². The van der Waals surface area contributed by atoms with Gasteiger partial charge in [-0.25, -0.2) is 8.42 Å². The highest BCUT2D eigenvalue weighted by molar-refractivity contribution is 7.89. The van der Waals surface area contributed by atoms with Crippen LogP contribution >= 0.6 is 0 Å². The predicted molar refractivity (Wildman–Crippen MR) is 114 cm³/mol. The standard InChI is InChI=1S/C22H29N3O3S/c26-22(23-12-10-18-6-2-1-3-7-18)17-24-15-11-19-16-20(8-9-21(19)24)29(27,28)25-13-4-5-14-25/h6,8-9,11,15-16H,1-5,7,10,12-14,17H2,(H,23,26). The van der Waals surface area contributed by atoms with E-state index in [1.165, 1.54) is 18.4 Å². The number of allylic oxidation sites excluding steroid dienone is 1. The molecule has 1 aliphatic heterocycles.